The van der Waals surface area contributed by atoms with Gasteiger partial charge in [-0.25, -0.2) is 0 Å². The monoisotopic (exact) mass is 199 g/mol. The lowest BCUT2D eigenvalue weighted by atomic mass is 10.1. The van der Waals surface area contributed by atoms with Gasteiger partial charge in [-0.3, -0.25) is 4.79 Å². The number of phenolic OH excluding ortho intramolecular Hbond substituents is 1. The molecule has 0 aromatic heterocycles. The second-order valence-electron chi connectivity index (χ2n) is 2.83. The van der Waals surface area contributed by atoms with Crippen molar-refractivity contribution in [2.24, 2.45) is 5.73 Å². The van der Waals surface area contributed by atoms with Gasteiger partial charge in [-0.15, -0.1) is 0 Å². The SMILES string of the molecule is Cc1cc(C(N)C(=O)Cl)ccc1O. The Labute approximate surface area is 81.1 Å². The number of carbonyl (C=O) groups is 1. The maximum absolute atomic E-state index is 10.7. The Morgan fingerprint density at radius 2 is 2.23 bits per heavy atom. The molecule has 13 heavy (non-hydrogen) atoms. The summed E-state index contributed by atoms with van der Waals surface area (Å²) in [6.45, 7) is 1.73. The van der Waals surface area contributed by atoms with Crippen molar-refractivity contribution in [2.45, 2.75) is 13.0 Å². The predicted molar refractivity (Wildman–Crippen MR) is 50.6 cm³/mol. The van der Waals surface area contributed by atoms with Gasteiger partial charge < -0.3 is 10.8 Å². The maximum Gasteiger partial charge on any atom is 0.242 e. The van der Waals surface area contributed by atoms with Crippen molar-refractivity contribution in [3.05, 3.63) is 29.3 Å². The lowest BCUT2D eigenvalue weighted by Gasteiger charge is -2.08. The number of aromatic hydroxyl groups is 1. The highest BCUT2D eigenvalue weighted by atomic mass is 35.5. The highest BCUT2D eigenvalue weighted by Crippen LogP contribution is 2.21. The number of halogens is 1. The normalized spacial score (nSPS) is 12.5. The van der Waals surface area contributed by atoms with Crippen LogP contribution in [0.3, 0.4) is 0 Å². The molecule has 0 aliphatic rings. The second-order valence-corrected chi connectivity index (χ2v) is 3.20. The number of phenols is 1. The molecule has 0 aliphatic carbocycles. The Morgan fingerprint density at radius 1 is 1.62 bits per heavy atom. The fourth-order valence-corrected chi connectivity index (χ4v) is 1.13. The number of hydrogen-bond donors (Lipinski definition) is 2. The molecule has 1 rings (SSSR count). The third-order valence-electron chi connectivity index (χ3n) is 1.82. The van der Waals surface area contributed by atoms with Gasteiger partial charge in [0, 0.05) is 0 Å². The van der Waals surface area contributed by atoms with E-state index in [4.69, 9.17) is 17.3 Å². The average Bonchev–Trinajstić information content (AvgIpc) is 2.08. The Bertz CT molecular complexity index is 338. The van der Waals surface area contributed by atoms with E-state index >= 15 is 0 Å². The van der Waals surface area contributed by atoms with Crippen LogP contribution in [-0.4, -0.2) is 10.3 Å². The van der Waals surface area contributed by atoms with Crippen LogP contribution >= 0.6 is 11.6 Å². The quantitative estimate of drug-likeness (QED) is 0.709. The lowest BCUT2D eigenvalue weighted by molar-refractivity contribution is -0.112. The summed E-state index contributed by atoms with van der Waals surface area (Å²) >= 11 is 5.23. The first-order valence-electron chi connectivity index (χ1n) is 3.77. The average molecular weight is 200 g/mol. The summed E-state index contributed by atoms with van der Waals surface area (Å²) in [5, 5.41) is 8.60. The molecule has 3 N–H and O–H groups in total. The van der Waals surface area contributed by atoms with Crippen LogP contribution in [0.25, 0.3) is 0 Å². The molecule has 0 aliphatic heterocycles. The molecule has 70 valence electrons. The van der Waals surface area contributed by atoms with E-state index < -0.39 is 11.3 Å². The molecule has 0 fully saturated rings. The van der Waals surface area contributed by atoms with Crippen molar-refractivity contribution in [1.29, 1.82) is 0 Å². The first-order valence-corrected chi connectivity index (χ1v) is 4.14. The van der Waals surface area contributed by atoms with Crippen LogP contribution < -0.4 is 5.73 Å². The minimum absolute atomic E-state index is 0.179. The van der Waals surface area contributed by atoms with Gasteiger partial charge in [0.2, 0.25) is 5.24 Å². The van der Waals surface area contributed by atoms with E-state index in [-0.39, 0.29) is 5.75 Å². The van der Waals surface area contributed by atoms with Crippen molar-refractivity contribution in [3.8, 4) is 5.75 Å². The van der Waals surface area contributed by atoms with E-state index in [2.05, 4.69) is 0 Å². The third kappa shape index (κ3) is 2.20. The summed E-state index contributed by atoms with van der Waals surface area (Å²) in [5.41, 5.74) is 6.77. The smallest absolute Gasteiger partial charge is 0.242 e. The van der Waals surface area contributed by atoms with E-state index in [0.29, 0.717) is 11.1 Å². The molecule has 1 atom stereocenters. The van der Waals surface area contributed by atoms with Crippen LogP contribution in [0.1, 0.15) is 17.2 Å². The van der Waals surface area contributed by atoms with Gasteiger partial charge in [-0.05, 0) is 35.7 Å². The van der Waals surface area contributed by atoms with Crippen LogP contribution in [0, 0.1) is 6.92 Å². The van der Waals surface area contributed by atoms with Crippen LogP contribution in [0.4, 0.5) is 0 Å². The number of carbonyl (C=O) groups excluding carboxylic acids is 1. The molecule has 0 heterocycles. The molecule has 0 radical (unpaired) electrons. The summed E-state index contributed by atoms with van der Waals surface area (Å²) in [4.78, 5) is 10.7. The lowest BCUT2D eigenvalue weighted by Crippen LogP contribution is -2.16. The van der Waals surface area contributed by atoms with Crippen molar-refractivity contribution >= 4 is 16.8 Å². The van der Waals surface area contributed by atoms with E-state index in [0.717, 1.165) is 0 Å². The van der Waals surface area contributed by atoms with E-state index in [1.165, 1.54) is 6.07 Å². The van der Waals surface area contributed by atoms with Crippen molar-refractivity contribution in [2.75, 3.05) is 0 Å². The van der Waals surface area contributed by atoms with E-state index in [9.17, 15) is 9.90 Å². The molecule has 0 saturated carbocycles. The summed E-state index contributed by atoms with van der Waals surface area (Å²) in [6, 6.07) is 3.89. The standard InChI is InChI=1S/C9H10ClNO2/c1-5-4-6(2-3-7(5)12)8(11)9(10)13/h2-4,8,12H,11H2,1H3. The first-order chi connectivity index (χ1) is 6.02. The highest BCUT2D eigenvalue weighted by molar-refractivity contribution is 6.64. The summed E-state index contributed by atoms with van der Waals surface area (Å²) in [7, 11) is 0. The molecule has 1 aromatic rings. The molecule has 0 saturated heterocycles. The Balaban J connectivity index is 3.03. The fourth-order valence-electron chi connectivity index (χ4n) is 1.00. The number of aryl methyl sites for hydroxylation is 1. The zero-order valence-corrected chi connectivity index (χ0v) is 7.88. The van der Waals surface area contributed by atoms with Crippen LogP contribution in [0.15, 0.2) is 18.2 Å². The topological polar surface area (TPSA) is 63.3 Å². The van der Waals surface area contributed by atoms with Crippen molar-refractivity contribution in [1.82, 2.24) is 0 Å². The Kier molecular flexibility index (Phi) is 2.90. The molecule has 0 spiro atoms. The molecular formula is C9H10ClNO2. The van der Waals surface area contributed by atoms with Gasteiger partial charge in [-0.1, -0.05) is 12.1 Å². The highest BCUT2D eigenvalue weighted by Gasteiger charge is 2.13. The number of benzene rings is 1. The van der Waals surface area contributed by atoms with Crippen LogP contribution in [0.2, 0.25) is 0 Å². The van der Waals surface area contributed by atoms with E-state index in [1.807, 2.05) is 0 Å². The molecular weight excluding hydrogens is 190 g/mol. The fraction of sp³-hybridized carbons (Fsp3) is 0.222. The molecule has 4 heteroatoms. The molecule has 0 amide bonds. The minimum atomic E-state index is -0.819. The summed E-state index contributed by atoms with van der Waals surface area (Å²) < 4.78 is 0. The van der Waals surface area contributed by atoms with Crippen LogP contribution in [-0.2, 0) is 4.79 Å². The van der Waals surface area contributed by atoms with Gasteiger partial charge >= 0.3 is 0 Å². The van der Waals surface area contributed by atoms with Crippen molar-refractivity contribution in [3.63, 3.8) is 0 Å². The largest absolute Gasteiger partial charge is 0.508 e. The molecule has 0 bridgehead atoms. The molecule has 1 aromatic carbocycles. The zero-order chi connectivity index (χ0) is 10.0. The van der Waals surface area contributed by atoms with Crippen molar-refractivity contribution < 1.29 is 9.90 Å². The van der Waals surface area contributed by atoms with Gasteiger partial charge in [0.05, 0.1) is 0 Å². The Hall–Kier alpha value is -1.06. The number of hydrogen-bond acceptors (Lipinski definition) is 3. The Morgan fingerprint density at radius 3 is 2.69 bits per heavy atom. The minimum Gasteiger partial charge on any atom is -0.508 e. The van der Waals surface area contributed by atoms with Crippen LogP contribution in [0.5, 0.6) is 5.75 Å². The number of rotatable bonds is 2. The predicted octanol–water partition coefficient (Wildman–Crippen LogP) is 1.47. The van der Waals surface area contributed by atoms with Gasteiger partial charge in [0.25, 0.3) is 0 Å². The number of nitrogens with two attached hydrogens (primary N) is 1. The summed E-state index contributed by atoms with van der Waals surface area (Å²) in [5.74, 6) is 0.179. The second kappa shape index (κ2) is 3.77. The van der Waals surface area contributed by atoms with Gasteiger partial charge in [0.1, 0.15) is 11.8 Å². The van der Waals surface area contributed by atoms with Gasteiger partial charge in [-0.2, -0.15) is 0 Å². The van der Waals surface area contributed by atoms with E-state index in [1.54, 1.807) is 19.1 Å². The third-order valence-corrected chi connectivity index (χ3v) is 2.06. The molecule has 3 nitrogen and oxygen atoms in total. The van der Waals surface area contributed by atoms with Gasteiger partial charge in [0.15, 0.2) is 0 Å². The maximum atomic E-state index is 10.7. The zero-order valence-electron chi connectivity index (χ0n) is 7.12. The molecule has 1 unspecified atom stereocenters. The first kappa shape index (κ1) is 10.0. The summed E-state index contributed by atoms with van der Waals surface area (Å²) in [6.07, 6.45) is 0.